The summed E-state index contributed by atoms with van der Waals surface area (Å²) >= 11 is 0. The molecule has 1 aromatic heterocycles. The molecule has 4 nitrogen and oxygen atoms in total. The van der Waals surface area contributed by atoms with Gasteiger partial charge >= 0.3 is 5.63 Å². The molecule has 1 heterocycles. The predicted molar refractivity (Wildman–Crippen MR) is 106 cm³/mol. The first-order chi connectivity index (χ1) is 12.5. The summed E-state index contributed by atoms with van der Waals surface area (Å²) in [5, 5.41) is 4.36. The maximum atomic E-state index is 12.0. The summed E-state index contributed by atoms with van der Waals surface area (Å²) in [4.78, 5) is 12.0. The average Bonchev–Trinajstić information content (AvgIpc) is 2.60. The zero-order valence-electron chi connectivity index (χ0n) is 15.8. The normalized spacial score (nSPS) is 11.1. The van der Waals surface area contributed by atoms with Gasteiger partial charge in [0.25, 0.3) is 0 Å². The SMILES string of the molecule is CCOc1ccccc1NCc1cc(=O)oc2cc(C)c(C(C)C)cc12. The van der Waals surface area contributed by atoms with Gasteiger partial charge in [0.05, 0.1) is 12.3 Å². The molecule has 0 amide bonds. The minimum absolute atomic E-state index is 0.330. The van der Waals surface area contributed by atoms with Crippen molar-refractivity contribution in [3.05, 3.63) is 69.6 Å². The average molecular weight is 351 g/mol. The first-order valence-electron chi connectivity index (χ1n) is 9.02. The van der Waals surface area contributed by atoms with Crippen LogP contribution >= 0.6 is 0 Å². The van der Waals surface area contributed by atoms with Crippen LogP contribution in [0, 0.1) is 6.92 Å². The van der Waals surface area contributed by atoms with Gasteiger partial charge in [-0.1, -0.05) is 26.0 Å². The highest BCUT2D eigenvalue weighted by Gasteiger charge is 2.12. The lowest BCUT2D eigenvalue weighted by Crippen LogP contribution is -2.07. The second kappa shape index (κ2) is 7.65. The first kappa shape index (κ1) is 18.1. The molecular weight excluding hydrogens is 326 g/mol. The molecule has 0 saturated heterocycles. The minimum Gasteiger partial charge on any atom is -0.492 e. The van der Waals surface area contributed by atoms with Gasteiger partial charge in [0.15, 0.2) is 0 Å². The number of fused-ring (bicyclic) bond motifs is 1. The van der Waals surface area contributed by atoms with Crippen LogP contribution in [0.15, 0.2) is 51.7 Å². The number of ether oxygens (including phenoxy) is 1. The largest absolute Gasteiger partial charge is 0.492 e. The number of nitrogens with one attached hydrogen (secondary N) is 1. The number of benzene rings is 2. The summed E-state index contributed by atoms with van der Waals surface area (Å²) in [7, 11) is 0. The van der Waals surface area contributed by atoms with Crippen LogP contribution in [-0.2, 0) is 6.54 Å². The number of para-hydroxylation sites is 2. The van der Waals surface area contributed by atoms with E-state index in [1.54, 1.807) is 6.07 Å². The highest BCUT2D eigenvalue weighted by atomic mass is 16.5. The predicted octanol–water partition coefficient (Wildman–Crippen LogP) is 5.24. The molecular formula is C22H25NO3. The first-order valence-corrected chi connectivity index (χ1v) is 9.02. The van der Waals surface area contributed by atoms with Gasteiger partial charge in [-0.15, -0.1) is 0 Å². The van der Waals surface area contributed by atoms with Crippen molar-refractivity contribution in [2.24, 2.45) is 0 Å². The van der Waals surface area contributed by atoms with Gasteiger partial charge in [0.2, 0.25) is 0 Å². The number of hydrogen-bond acceptors (Lipinski definition) is 4. The van der Waals surface area contributed by atoms with Crippen LogP contribution in [-0.4, -0.2) is 6.61 Å². The van der Waals surface area contributed by atoms with Crippen LogP contribution in [0.3, 0.4) is 0 Å². The van der Waals surface area contributed by atoms with Gasteiger partial charge in [-0.3, -0.25) is 0 Å². The molecule has 0 radical (unpaired) electrons. The molecule has 0 saturated carbocycles. The summed E-state index contributed by atoms with van der Waals surface area (Å²) in [5.74, 6) is 1.21. The Morgan fingerprint density at radius 1 is 1.15 bits per heavy atom. The lowest BCUT2D eigenvalue weighted by atomic mass is 9.95. The number of rotatable bonds is 6. The van der Waals surface area contributed by atoms with Crippen molar-refractivity contribution in [3.63, 3.8) is 0 Å². The summed E-state index contributed by atoms with van der Waals surface area (Å²) in [6.07, 6.45) is 0. The Morgan fingerprint density at radius 2 is 1.92 bits per heavy atom. The summed E-state index contributed by atoms with van der Waals surface area (Å²) in [5.41, 5.74) is 4.54. The van der Waals surface area contributed by atoms with Gasteiger partial charge in [0.1, 0.15) is 11.3 Å². The molecule has 0 aliphatic heterocycles. The van der Waals surface area contributed by atoms with Crippen molar-refractivity contribution in [1.29, 1.82) is 0 Å². The van der Waals surface area contributed by atoms with E-state index in [9.17, 15) is 4.79 Å². The molecule has 0 spiro atoms. The summed E-state index contributed by atoms with van der Waals surface area (Å²) in [6.45, 7) is 9.48. The van der Waals surface area contributed by atoms with E-state index in [-0.39, 0.29) is 5.63 Å². The van der Waals surface area contributed by atoms with Crippen molar-refractivity contribution < 1.29 is 9.15 Å². The van der Waals surface area contributed by atoms with E-state index in [1.165, 1.54) is 5.56 Å². The smallest absolute Gasteiger partial charge is 0.336 e. The Bertz CT molecular complexity index is 973. The van der Waals surface area contributed by atoms with Gasteiger partial charge in [-0.25, -0.2) is 4.79 Å². The third kappa shape index (κ3) is 3.74. The van der Waals surface area contributed by atoms with Crippen LogP contribution in [0.1, 0.15) is 43.4 Å². The molecule has 26 heavy (non-hydrogen) atoms. The molecule has 4 heteroatoms. The molecule has 0 fully saturated rings. The quantitative estimate of drug-likeness (QED) is 0.617. The fourth-order valence-electron chi connectivity index (χ4n) is 3.24. The van der Waals surface area contributed by atoms with Gasteiger partial charge in [0, 0.05) is 18.0 Å². The monoisotopic (exact) mass is 351 g/mol. The van der Waals surface area contributed by atoms with E-state index in [0.717, 1.165) is 28.0 Å². The second-order valence-corrected chi connectivity index (χ2v) is 6.73. The summed E-state index contributed by atoms with van der Waals surface area (Å²) in [6, 6.07) is 13.5. The minimum atomic E-state index is -0.330. The standard InChI is InChI=1S/C22H25NO3/c1-5-25-20-9-7-6-8-19(20)23-13-16-11-22(24)26-21-10-15(4)17(14(2)3)12-18(16)21/h6-12,14,23H,5,13H2,1-4H3. The Kier molecular flexibility index (Phi) is 5.31. The molecule has 0 atom stereocenters. The van der Waals surface area contributed by atoms with Crippen LogP contribution in [0.5, 0.6) is 5.75 Å². The molecule has 0 aliphatic carbocycles. The number of aryl methyl sites for hydroxylation is 1. The topological polar surface area (TPSA) is 51.5 Å². The fraction of sp³-hybridized carbons (Fsp3) is 0.318. The Morgan fingerprint density at radius 3 is 2.65 bits per heavy atom. The highest BCUT2D eigenvalue weighted by molar-refractivity contribution is 5.82. The lowest BCUT2D eigenvalue weighted by Gasteiger charge is -2.15. The third-order valence-electron chi connectivity index (χ3n) is 4.50. The molecule has 0 aliphatic rings. The molecule has 3 rings (SSSR count). The zero-order chi connectivity index (χ0) is 18.7. The van der Waals surface area contributed by atoms with Crippen molar-refractivity contribution in [3.8, 4) is 5.75 Å². The second-order valence-electron chi connectivity index (χ2n) is 6.73. The highest BCUT2D eigenvalue weighted by Crippen LogP contribution is 2.28. The number of hydrogen-bond donors (Lipinski definition) is 1. The number of anilines is 1. The maximum Gasteiger partial charge on any atom is 0.336 e. The van der Waals surface area contributed by atoms with Crippen molar-refractivity contribution >= 4 is 16.7 Å². The molecule has 136 valence electrons. The van der Waals surface area contributed by atoms with Crippen molar-refractivity contribution in [2.75, 3.05) is 11.9 Å². The van der Waals surface area contributed by atoms with Gasteiger partial charge < -0.3 is 14.5 Å². The molecule has 1 N–H and O–H groups in total. The van der Waals surface area contributed by atoms with Crippen LogP contribution in [0.25, 0.3) is 11.0 Å². The van der Waals surface area contributed by atoms with Gasteiger partial charge in [-0.05, 0) is 60.7 Å². The van der Waals surface area contributed by atoms with E-state index >= 15 is 0 Å². The van der Waals surface area contributed by atoms with E-state index in [2.05, 4.69) is 32.2 Å². The maximum absolute atomic E-state index is 12.0. The van der Waals surface area contributed by atoms with E-state index in [4.69, 9.17) is 9.15 Å². The zero-order valence-corrected chi connectivity index (χ0v) is 15.8. The Labute approximate surface area is 153 Å². The lowest BCUT2D eigenvalue weighted by molar-refractivity contribution is 0.341. The Hall–Kier alpha value is -2.75. The molecule has 2 aromatic carbocycles. The fourth-order valence-corrected chi connectivity index (χ4v) is 3.24. The van der Waals surface area contributed by atoms with Crippen molar-refractivity contribution in [1.82, 2.24) is 0 Å². The third-order valence-corrected chi connectivity index (χ3v) is 4.50. The van der Waals surface area contributed by atoms with Gasteiger partial charge in [-0.2, -0.15) is 0 Å². The molecule has 3 aromatic rings. The van der Waals surface area contributed by atoms with Crippen LogP contribution in [0.4, 0.5) is 5.69 Å². The van der Waals surface area contributed by atoms with E-state index < -0.39 is 0 Å². The Balaban J connectivity index is 1.99. The molecule has 0 unspecified atom stereocenters. The van der Waals surface area contributed by atoms with Crippen molar-refractivity contribution in [2.45, 2.75) is 40.2 Å². The van der Waals surface area contributed by atoms with Crippen LogP contribution in [0.2, 0.25) is 0 Å². The summed E-state index contributed by atoms with van der Waals surface area (Å²) < 4.78 is 11.1. The van der Waals surface area contributed by atoms with Crippen LogP contribution < -0.4 is 15.7 Å². The van der Waals surface area contributed by atoms with E-state index in [1.807, 2.05) is 37.3 Å². The molecule has 0 bridgehead atoms. The van der Waals surface area contributed by atoms with E-state index in [0.29, 0.717) is 24.7 Å².